The molecule has 5 heteroatoms. The monoisotopic (exact) mass is 249 g/mol. The Bertz CT molecular complexity index is 415. The smallest absolute Gasteiger partial charge is 0.214 e. The van der Waals surface area contributed by atoms with E-state index in [0.29, 0.717) is 5.02 Å². The lowest BCUT2D eigenvalue weighted by Crippen LogP contribution is -2.18. The number of aryl methyl sites for hydroxylation is 1. The van der Waals surface area contributed by atoms with Crippen LogP contribution in [0.25, 0.3) is 0 Å². The molecule has 0 aliphatic carbocycles. The quantitative estimate of drug-likeness (QED) is 0.876. The van der Waals surface area contributed by atoms with Gasteiger partial charge in [-0.2, -0.15) is 0 Å². The van der Waals surface area contributed by atoms with Crippen LogP contribution in [0.3, 0.4) is 0 Å². The summed E-state index contributed by atoms with van der Waals surface area (Å²) in [4.78, 5) is 0.186. The maximum atomic E-state index is 11.3. The predicted molar refractivity (Wildman–Crippen MR) is 63.8 cm³/mol. The summed E-state index contributed by atoms with van der Waals surface area (Å²) in [6.45, 7) is 5.82. The Morgan fingerprint density at radius 2 is 1.80 bits per heavy atom. The van der Waals surface area contributed by atoms with Crippen molar-refractivity contribution in [3.8, 4) is 0 Å². The zero-order chi connectivity index (χ0) is 12.1. The van der Waals surface area contributed by atoms with Crippen LogP contribution in [0.2, 0.25) is 5.02 Å². The molecule has 0 saturated heterocycles. The SMILES string of the molecule is CC.CNS(=O)(=O)c1ccc(C)c(Cl)c1. The van der Waals surface area contributed by atoms with Crippen LogP contribution < -0.4 is 4.72 Å². The van der Waals surface area contributed by atoms with Crippen LogP contribution in [0.4, 0.5) is 0 Å². The van der Waals surface area contributed by atoms with Gasteiger partial charge in [0, 0.05) is 5.02 Å². The number of sulfonamides is 1. The van der Waals surface area contributed by atoms with Gasteiger partial charge in [-0.1, -0.05) is 31.5 Å². The molecule has 0 amide bonds. The van der Waals surface area contributed by atoms with Gasteiger partial charge in [-0.25, -0.2) is 13.1 Å². The molecule has 0 aliphatic rings. The molecule has 0 aliphatic heterocycles. The first-order valence-corrected chi connectivity index (χ1v) is 6.53. The molecule has 1 rings (SSSR count). The Balaban J connectivity index is 0.000000921. The van der Waals surface area contributed by atoms with Crippen molar-refractivity contribution in [1.29, 1.82) is 0 Å². The summed E-state index contributed by atoms with van der Waals surface area (Å²) >= 11 is 5.78. The Morgan fingerprint density at radius 3 is 2.20 bits per heavy atom. The van der Waals surface area contributed by atoms with Gasteiger partial charge in [-0.3, -0.25) is 0 Å². The summed E-state index contributed by atoms with van der Waals surface area (Å²) in [5, 5.41) is 0.455. The molecule has 0 radical (unpaired) electrons. The van der Waals surface area contributed by atoms with E-state index < -0.39 is 10.0 Å². The number of hydrogen-bond donors (Lipinski definition) is 1. The fourth-order valence-electron chi connectivity index (χ4n) is 0.859. The average molecular weight is 250 g/mol. The normalized spacial score (nSPS) is 10.5. The van der Waals surface area contributed by atoms with E-state index in [0.717, 1.165) is 5.56 Å². The van der Waals surface area contributed by atoms with Crippen LogP contribution in [-0.2, 0) is 10.0 Å². The number of hydrogen-bond acceptors (Lipinski definition) is 2. The second kappa shape index (κ2) is 6.10. The Labute approximate surface area is 96.5 Å². The van der Waals surface area contributed by atoms with Gasteiger partial charge in [0.2, 0.25) is 10.0 Å². The van der Waals surface area contributed by atoms with Crippen molar-refractivity contribution in [2.24, 2.45) is 0 Å². The van der Waals surface area contributed by atoms with Crippen molar-refractivity contribution < 1.29 is 8.42 Å². The maximum Gasteiger partial charge on any atom is 0.240 e. The lowest BCUT2D eigenvalue weighted by molar-refractivity contribution is 0.588. The predicted octanol–water partition coefficient (Wildman–Crippen LogP) is 2.58. The Kier molecular flexibility index (Phi) is 5.87. The van der Waals surface area contributed by atoms with Gasteiger partial charge in [-0.05, 0) is 31.7 Å². The van der Waals surface area contributed by atoms with Crippen LogP contribution in [0.1, 0.15) is 19.4 Å². The zero-order valence-corrected chi connectivity index (χ0v) is 10.9. The van der Waals surface area contributed by atoms with Gasteiger partial charge in [-0.15, -0.1) is 0 Å². The van der Waals surface area contributed by atoms with Crippen molar-refractivity contribution in [3.63, 3.8) is 0 Å². The molecule has 0 unspecified atom stereocenters. The van der Waals surface area contributed by atoms with Gasteiger partial charge in [0.1, 0.15) is 0 Å². The molecule has 1 aromatic rings. The van der Waals surface area contributed by atoms with Crippen molar-refractivity contribution in [1.82, 2.24) is 4.72 Å². The van der Waals surface area contributed by atoms with Crippen molar-refractivity contribution in [3.05, 3.63) is 28.8 Å². The van der Waals surface area contributed by atoms with Gasteiger partial charge in [0.05, 0.1) is 4.90 Å². The van der Waals surface area contributed by atoms with E-state index in [2.05, 4.69) is 4.72 Å². The lowest BCUT2D eigenvalue weighted by Gasteiger charge is -2.03. The first-order valence-electron chi connectivity index (χ1n) is 4.67. The topological polar surface area (TPSA) is 46.2 Å². The largest absolute Gasteiger partial charge is 0.240 e. The molecular weight excluding hydrogens is 234 g/mol. The third kappa shape index (κ3) is 3.81. The third-order valence-corrected chi connectivity index (χ3v) is 3.54. The van der Waals surface area contributed by atoms with Crippen LogP contribution in [0.15, 0.2) is 23.1 Å². The van der Waals surface area contributed by atoms with Crippen molar-refractivity contribution in [2.45, 2.75) is 25.7 Å². The summed E-state index contributed by atoms with van der Waals surface area (Å²) in [6, 6.07) is 4.63. The highest BCUT2D eigenvalue weighted by Crippen LogP contribution is 2.19. The number of halogens is 1. The summed E-state index contributed by atoms with van der Waals surface area (Å²) in [6.07, 6.45) is 0. The minimum absolute atomic E-state index is 0.186. The highest BCUT2D eigenvalue weighted by molar-refractivity contribution is 7.89. The van der Waals surface area contributed by atoms with E-state index in [4.69, 9.17) is 11.6 Å². The summed E-state index contributed by atoms with van der Waals surface area (Å²) in [7, 11) is -2.01. The fourth-order valence-corrected chi connectivity index (χ4v) is 1.86. The molecule has 0 saturated carbocycles. The average Bonchev–Trinajstić information content (AvgIpc) is 2.25. The van der Waals surface area contributed by atoms with Gasteiger partial charge in [0.25, 0.3) is 0 Å². The van der Waals surface area contributed by atoms with Crippen LogP contribution in [0.5, 0.6) is 0 Å². The zero-order valence-electron chi connectivity index (χ0n) is 9.33. The molecule has 0 fully saturated rings. The van der Waals surface area contributed by atoms with Gasteiger partial charge >= 0.3 is 0 Å². The molecule has 0 heterocycles. The van der Waals surface area contributed by atoms with E-state index in [1.807, 2.05) is 20.8 Å². The first-order chi connectivity index (χ1) is 6.97. The van der Waals surface area contributed by atoms with E-state index in [1.54, 1.807) is 6.07 Å². The number of nitrogens with one attached hydrogen (secondary N) is 1. The molecule has 1 aromatic carbocycles. The van der Waals surface area contributed by atoms with Gasteiger partial charge < -0.3 is 0 Å². The van der Waals surface area contributed by atoms with Crippen LogP contribution in [-0.4, -0.2) is 15.5 Å². The number of rotatable bonds is 2. The van der Waals surface area contributed by atoms with E-state index in [1.165, 1.54) is 19.2 Å². The molecule has 1 N–H and O–H groups in total. The summed E-state index contributed by atoms with van der Waals surface area (Å²) in [5.41, 5.74) is 0.858. The van der Waals surface area contributed by atoms with Crippen LogP contribution in [0, 0.1) is 6.92 Å². The van der Waals surface area contributed by atoms with E-state index in [9.17, 15) is 8.42 Å². The summed E-state index contributed by atoms with van der Waals surface area (Å²) < 4.78 is 24.8. The third-order valence-electron chi connectivity index (χ3n) is 1.72. The van der Waals surface area contributed by atoms with Crippen LogP contribution >= 0.6 is 11.6 Å². The minimum Gasteiger partial charge on any atom is -0.214 e. The molecule has 0 atom stereocenters. The van der Waals surface area contributed by atoms with Crippen molar-refractivity contribution in [2.75, 3.05) is 7.05 Å². The maximum absolute atomic E-state index is 11.3. The second-order valence-electron chi connectivity index (χ2n) is 2.62. The molecule has 0 bridgehead atoms. The minimum atomic E-state index is -3.37. The lowest BCUT2D eigenvalue weighted by atomic mass is 10.2. The highest BCUT2D eigenvalue weighted by atomic mass is 35.5. The molecule has 86 valence electrons. The van der Waals surface area contributed by atoms with Gasteiger partial charge in [0.15, 0.2) is 0 Å². The summed E-state index contributed by atoms with van der Waals surface area (Å²) in [5.74, 6) is 0. The Morgan fingerprint density at radius 1 is 1.27 bits per heavy atom. The van der Waals surface area contributed by atoms with E-state index >= 15 is 0 Å². The molecular formula is C10H16ClNO2S. The highest BCUT2D eigenvalue weighted by Gasteiger charge is 2.11. The van der Waals surface area contributed by atoms with E-state index in [-0.39, 0.29) is 4.90 Å². The molecule has 3 nitrogen and oxygen atoms in total. The Hall–Kier alpha value is -0.580. The first kappa shape index (κ1) is 14.4. The molecule has 0 aromatic heterocycles. The van der Waals surface area contributed by atoms with Crippen molar-refractivity contribution >= 4 is 21.6 Å². The standard InChI is InChI=1S/C8H10ClNO2S.C2H6/c1-6-3-4-7(5-8(6)9)13(11,12)10-2;1-2/h3-5,10H,1-2H3;1-2H3. The number of benzene rings is 1. The molecule has 15 heavy (non-hydrogen) atoms. The molecule has 0 spiro atoms. The fraction of sp³-hybridized carbons (Fsp3) is 0.400. The second-order valence-corrected chi connectivity index (χ2v) is 4.91.